The van der Waals surface area contributed by atoms with Crippen LogP contribution in [0.4, 0.5) is 0 Å². The van der Waals surface area contributed by atoms with E-state index in [0.717, 1.165) is 25.7 Å². The Morgan fingerprint density at radius 3 is 2.42 bits per heavy atom. The molecule has 0 radical (unpaired) electrons. The zero-order valence-corrected chi connectivity index (χ0v) is 21.8. The Balaban J connectivity index is 1.51. The molecule has 4 rings (SSSR count). The molecule has 0 aromatic rings. The average molecular weight is 459 g/mol. The largest absolute Gasteiger partial charge is 0.359 e. The molecule has 8 atom stereocenters. The number of Topliss-reactive ketones (excluding diaryl/α,β-unsaturated/α-hetero) is 1. The van der Waals surface area contributed by atoms with Crippen LogP contribution in [-0.4, -0.2) is 31.6 Å². The Morgan fingerprint density at radius 2 is 1.73 bits per heavy atom. The van der Waals surface area contributed by atoms with Gasteiger partial charge in [0.1, 0.15) is 12.6 Å². The van der Waals surface area contributed by atoms with Crippen molar-refractivity contribution in [2.75, 3.05) is 13.9 Å². The van der Waals surface area contributed by atoms with Gasteiger partial charge in [0.25, 0.3) is 0 Å². The van der Waals surface area contributed by atoms with Crippen LogP contribution in [0.5, 0.6) is 0 Å². The van der Waals surface area contributed by atoms with E-state index >= 15 is 0 Å². The van der Waals surface area contributed by atoms with Crippen LogP contribution in [0.15, 0.2) is 11.6 Å². The first-order valence-corrected chi connectivity index (χ1v) is 13.5. The molecule has 0 aromatic heterocycles. The number of rotatable bonds is 8. The van der Waals surface area contributed by atoms with Crippen molar-refractivity contribution >= 4 is 11.6 Å². The van der Waals surface area contributed by atoms with Crippen LogP contribution in [-0.2, 0) is 19.1 Å². The van der Waals surface area contributed by atoms with Gasteiger partial charge in [-0.15, -0.1) is 0 Å². The Bertz CT molecular complexity index is 784. The third kappa shape index (κ3) is 4.40. The molecule has 0 amide bonds. The lowest BCUT2D eigenvalue weighted by atomic mass is 9.47. The minimum atomic E-state index is 0.0722. The number of fused-ring (bicyclic) bond motifs is 5. The van der Waals surface area contributed by atoms with Gasteiger partial charge in [-0.05, 0) is 91.9 Å². The minimum Gasteiger partial charge on any atom is -0.359 e. The van der Waals surface area contributed by atoms with Gasteiger partial charge in [0.2, 0.25) is 0 Å². The first-order valence-electron chi connectivity index (χ1n) is 13.5. The molecule has 4 aliphatic rings. The SMILES string of the molecule is COCOC1CC[C@@]2(C)C(C1)C(=O)C=C1[C@@H]3CC[C@H]([C@H](C)CCC(=O)C(C)C)[C@@]3(C)CC[C@@H]12. The van der Waals surface area contributed by atoms with Gasteiger partial charge in [0.05, 0.1) is 6.10 Å². The molecule has 4 nitrogen and oxygen atoms in total. The minimum absolute atomic E-state index is 0.0722. The Hall–Kier alpha value is -1.00. The number of ketones is 2. The van der Waals surface area contributed by atoms with Gasteiger partial charge in [-0.25, -0.2) is 0 Å². The van der Waals surface area contributed by atoms with Gasteiger partial charge < -0.3 is 9.47 Å². The van der Waals surface area contributed by atoms with E-state index in [1.807, 2.05) is 13.8 Å². The second kappa shape index (κ2) is 9.57. The molecule has 0 N–H and O–H groups in total. The van der Waals surface area contributed by atoms with Crippen LogP contribution in [0.25, 0.3) is 0 Å². The van der Waals surface area contributed by atoms with Gasteiger partial charge in [-0.2, -0.15) is 0 Å². The van der Waals surface area contributed by atoms with Crippen LogP contribution in [0.2, 0.25) is 0 Å². The highest BCUT2D eigenvalue weighted by Gasteiger charge is 2.59. The van der Waals surface area contributed by atoms with Crippen LogP contribution in [0, 0.1) is 46.3 Å². The van der Waals surface area contributed by atoms with Gasteiger partial charge in [-0.3, -0.25) is 9.59 Å². The Labute approximate surface area is 201 Å². The maximum Gasteiger partial charge on any atom is 0.159 e. The number of carbonyl (C=O) groups excluding carboxylic acids is 2. The number of methoxy groups -OCH3 is 1. The third-order valence-electron chi connectivity index (χ3n) is 10.5. The summed E-state index contributed by atoms with van der Waals surface area (Å²) in [6, 6.07) is 0. The van der Waals surface area contributed by atoms with Crippen molar-refractivity contribution in [3.8, 4) is 0 Å². The molecule has 3 saturated carbocycles. The summed E-state index contributed by atoms with van der Waals surface area (Å²) in [6.07, 6.45) is 11.8. The second-order valence-corrected chi connectivity index (χ2v) is 12.5. The average Bonchev–Trinajstić information content (AvgIpc) is 3.13. The summed E-state index contributed by atoms with van der Waals surface area (Å²) in [7, 11) is 1.66. The van der Waals surface area contributed by atoms with Crippen molar-refractivity contribution in [1.82, 2.24) is 0 Å². The van der Waals surface area contributed by atoms with E-state index in [0.29, 0.717) is 48.5 Å². The predicted octanol–water partition coefficient (Wildman–Crippen LogP) is 6.37. The van der Waals surface area contributed by atoms with E-state index in [1.165, 1.54) is 31.3 Å². The Morgan fingerprint density at radius 1 is 1.03 bits per heavy atom. The lowest BCUT2D eigenvalue weighted by Gasteiger charge is -2.57. The summed E-state index contributed by atoms with van der Waals surface area (Å²) in [4.78, 5) is 25.7. The van der Waals surface area contributed by atoms with E-state index in [1.54, 1.807) is 7.11 Å². The first kappa shape index (κ1) is 25.1. The number of hydrogen-bond acceptors (Lipinski definition) is 4. The highest BCUT2D eigenvalue weighted by atomic mass is 16.7. The molecule has 3 fully saturated rings. The fourth-order valence-electron chi connectivity index (χ4n) is 8.48. The standard InChI is InChI=1S/C29H46O4/c1-18(2)26(30)10-7-19(3)22-8-9-23-21-16-27(31)25-15-20(33-17-32-6)11-13-29(25,5)24(21)12-14-28(22,23)4/h16,18-20,22-25H,7-15,17H2,1-6H3/t19-,20?,22-,23+,24+,25?,28-,29-/m1/s1. The topological polar surface area (TPSA) is 52.6 Å². The van der Waals surface area contributed by atoms with E-state index in [9.17, 15) is 9.59 Å². The molecule has 4 heteroatoms. The maximum atomic E-state index is 13.5. The lowest BCUT2D eigenvalue weighted by Crippen LogP contribution is -2.52. The smallest absolute Gasteiger partial charge is 0.159 e. The van der Waals surface area contributed by atoms with Crippen molar-refractivity contribution < 1.29 is 19.1 Å². The molecule has 0 bridgehead atoms. The summed E-state index contributed by atoms with van der Waals surface area (Å²) < 4.78 is 11.0. The van der Waals surface area contributed by atoms with Crippen LogP contribution >= 0.6 is 0 Å². The molecule has 0 aromatic carbocycles. The van der Waals surface area contributed by atoms with E-state index in [4.69, 9.17) is 9.47 Å². The van der Waals surface area contributed by atoms with Gasteiger partial charge in [-0.1, -0.05) is 40.2 Å². The van der Waals surface area contributed by atoms with E-state index in [2.05, 4.69) is 26.8 Å². The molecule has 186 valence electrons. The van der Waals surface area contributed by atoms with Crippen molar-refractivity contribution in [3.05, 3.63) is 11.6 Å². The monoisotopic (exact) mass is 458 g/mol. The fraction of sp³-hybridized carbons (Fsp3) is 0.862. The molecule has 0 aliphatic heterocycles. The number of hydrogen-bond donors (Lipinski definition) is 0. The van der Waals surface area contributed by atoms with Gasteiger partial charge in [0.15, 0.2) is 5.78 Å². The number of allylic oxidation sites excluding steroid dienone is 2. The zero-order chi connectivity index (χ0) is 24.0. The summed E-state index contributed by atoms with van der Waals surface area (Å²) in [5.74, 6) is 3.27. The van der Waals surface area contributed by atoms with Gasteiger partial charge in [0, 0.05) is 25.4 Å². The Kier molecular flexibility index (Phi) is 7.28. The van der Waals surface area contributed by atoms with Crippen LogP contribution < -0.4 is 0 Å². The zero-order valence-electron chi connectivity index (χ0n) is 21.8. The molecule has 0 heterocycles. The normalized spacial score (nSPS) is 41.2. The van der Waals surface area contributed by atoms with Gasteiger partial charge >= 0.3 is 0 Å². The quantitative estimate of drug-likeness (QED) is 0.396. The maximum absolute atomic E-state index is 13.5. The second-order valence-electron chi connectivity index (χ2n) is 12.5. The molecular formula is C29H46O4. The first-order chi connectivity index (χ1) is 15.6. The lowest BCUT2D eigenvalue weighted by molar-refractivity contribution is -0.142. The molecular weight excluding hydrogens is 412 g/mol. The summed E-state index contributed by atoms with van der Waals surface area (Å²) in [5.41, 5.74) is 1.82. The fourth-order valence-corrected chi connectivity index (χ4v) is 8.48. The van der Waals surface area contributed by atoms with E-state index in [-0.39, 0.29) is 28.8 Å². The highest BCUT2D eigenvalue weighted by Crippen LogP contribution is 2.66. The number of ether oxygens (including phenoxy) is 2. The summed E-state index contributed by atoms with van der Waals surface area (Å²) in [6.45, 7) is 11.6. The third-order valence-corrected chi connectivity index (χ3v) is 10.5. The molecule has 0 saturated heterocycles. The van der Waals surface area contributed by atoms with E-state index < -0.39 is 0 Å². The molecule has 4 aliphatic carbocycles. The van der Waals surface area contributed by atoms with Crippen molar-refractivity contribution in [2.24, 2.45) is 46.3 Å². The van der Waals surface area contributed by atoms with Crippen LogP contribution in [0.3, 0.4) is 0 Å². The van der Waals surface area contributed by atoms with Crippen LogP contribution in [0.1, 0.15) is 92.4 Å². The molecule has 2 unspecified atom stereocenters. The molecule has 0 spiro atoms. The highest BCUT2D eigenvalue weighted by molar-refractivity contribution is 5.94. The van der Waals surface area contributed by atoms with Crippen molar-refractivity contribution in [1.29, 1.82) is 0 Å². The summed E-state index contributed by atoms with van der Waals surface area (Å²) >= 11 is 0. The van der Waals surface area contributed by atoms with Crippen molar-refractivity contribution in [2.45, 2.75) is 98.5 Å². The predicted molar refractivity (Wildman–Crippen MR) is 131 cm³/mol. The van der Waals surface area contributed by atoms with Crippen molar-refractivity contribution in [3.63, 3.8) is 0 Å². The number of carbonyl (C=O) groups is 2. The molecule has 33 heavy (non-hydrogen) atoms. The summed E-state index contributed by atoms with van der Waals surface area (Å²) in [5, 5.41) is 0.